The van der Waals surface area contributed by atoms with Gasteiger partial charge in [0.1, 0.15) is 5.01 Å². The Hall–Kier alpha value is -3.26. The summed E-state index contributed by atoms with van der Waals surface area (Å²) in [5.74, 6) is 3.70. The summed E-state index contributed by atoms with van der Waals surface area (Å²) in [6, 6.07) is 16.6. The lowest BCUT2D eigenvalue weighted by Crippen LogP contribution is -2.37. The lowest BCUT2D eigenvalue weighted by molar-refractivity contribution is 0.429. The van der Waals surface area contributed by atoms with Crippen molar-refractivity contribution in [2.45, 2.75) is 39.5 Å². The van der Waals surface area contributed by atoms with Gasteiger partial charge in [-0.05, 0) is 61.8 Å². The predicted molar refractivity (Wildman–Crippen MR) is 149 cm³/mol. The van der Waals surface area contributed by atoms with E-state index >= 15 is 0 Å². The van der Waals surface area contributed by atoms with Gasteiger partial charge in [0.15, 0.2) is 0 Å². The van der Waals surface area contributed by atoms with E-state index in [4.69, 9.17) is 19.9 Å². The largest absolute Gasteiger partial charge is 0.341 e. The first-order valence-corrected chi connectivity index (χ1v) is 13.9. The van der Waals surface area contributed by atoms with Gasteiger partial charge in [-0.25, -0.2) is 4.98 Å². The maximum Gasteiger partial charge on any atom is 0.233 e. The second-order valence-corrected chi connectivity index (χ2v) is 11.3. The van der Waals surface area contributed by atoms with Crippen LogP contribution in [0, 0.1) is 11.8 Å². The fourth-order valence-corrected chi connectivity index (χ4v) is 5.93. The molecular formula is C28H33N7S. The molecule has 2 aromatic heterocycles. The van der Waals surface area contributed by atoms with Crippen molar-refractivity contribution in [1.29, 1.82) is 0 Å². The van der Waals surface area contributed by atoms with Gasteiger partial charge in [0, 0.05) is 37.4 Å². The number of nitrogens with zero attached hydrogens (tertiary/aromatic N) is 6. The zero-order chi connectivity index (χ0) is 24.5. The summed E-state index contributed by atoms with van der Waals surface area (Å²) < 4.78 is 1.20. The van der Waals surface area contributed by atoms with Crippen LogP contribution in [0.1, 0.15) is 39.5 Å². The van der Waals surface area contributed by atoms with Crippen LogP contribution in [0.5, 0.6) is 0 Å². The predicted octanol–water partition coefficient (Wildman–Crippen LogP) is 6.36. The quantitative estimate of drug-likeness (QED) is 0.342. The third-order valence-corrected chi connectivity index (χ3v) is 8.49. The molecule has 2 aromatic carbocycles. The molecule has 2 saturated heterocycles. The Morgan fingerprint density at radius 2 is 1.39 bits per heavy atom. The highest BCUT2D eigenvalue weighted by atomic mass is 32.1. The number of aromatic nitrogens is 4. The number of piperidine rings is 2. The molecule has 2 aliphatic rings. The van der Waals surface area contributed by atoms with Crippen molar-refractivity contribution in [2.24, 2.45) is 11.8 Å². The van der Waals surface area contributed by atoms with Crippen molar-refractivity contribution in [3.63, 3.8) is 0 Å². The van der Waals surface area contributed by atoms with Crippen LogP contribution in [0.2, 0.25) is 0 Å². The fraction of sp³-hybridized carbons (Fsp3) is 0.429. The summed E-state index contributed by atoms with van der Waals surface area (Å²) in [6.07, 6.45) is 4.70. The molecule has 0 spiro atoms. The molecule has 4 heterocycles. The van der Waals surface area contributed by atoms with E-state index in [1.54, 1.807) is 11.3 Å². The van der Waals surface area contributed by atoms with E-state index < -0.39 is 0 Å². The Bertz CT molecular complexity index is 1260. The van der Waals surface area contributed by atoms with Gasteiger partial charge >= 0.3 is 0 Å². The van der Waals surface area contributed by atoms with Gasteiger partial charge in [0.05, 0.1) is 10.2 Å². The molecule has 6 rings (SSSR count). The number of anilines is 4. The van der Waals surface area contributed by atoms with Gasteiger partial charge in [-0.2, -0.15) is 15.0 Å². The first-order chi connectivity index (χ1) is 17.6. The monoisotopic (exact) mass is 499 g/mol. The van der Waals surface area contributed by atoms with Gasteiger partial charge in [0.2, 0.25) is 17.8 Å². The molecule has 0 saturated carbocycles. The standard InChI is InChI=1S/C28H33N7S/c1-19-10-14-34(15-11-19)27-31-26(32-28(33-27)35-16-12-20(2)13-17-35)29-22-7-5-6-21(18-22)25-30-23-8-3-4-9-24(23)36-25/h3-9,18-20H,10-17H2,1-2H3,(H,29,31,32,33). The number of thiazole rings is 1. The number of fused-ring (bicyclic) bond motifs is 1. The minimum Gasteiger partial charge on any atom is -0.341 e. The maximum absolute atomic E-state index is 4.94. The molecule has 2 fully saturated rings. The molecule has 2 aliphatic heterocycles. The lowest BCUT2D eigenvalue weighted by Gasteiger charge is -2.33. The number of nitrogens with one attached hydrogen (secondary N) is 1. The van der Waals surface area contributed by atoms with E-state index in [-0.39, 0.29) is 0 Å². The van der Waals surface area contributed by atoms with Gasteiger partial charge in [-0.15, -0.1) is 11.3 Å². The number of rotatable bonds is 5. The van der Waals surface area contributed by atoms with E-state index in [1.165, 1.54) is 30.4 Å². The van der Waals surface area contributed by atoms with Crippen LogP contribution >= 0.6 is 11.3 Å². The van der Waals surface area contributed by atoms with E-state index in [2.05, 4.69) is 71.4 Å². The molecule has 1 N–H and O–H groups in total. The summed E-state index contributed by atoms with van der Waals surface area (Å²) in [6.45, 7) is 8.64. The zero-order valence-corrected chi connectivity index (χ0v) is 21.8. The Morgan fingerprint density at radius 3 is 2.03 bits per heavy atom. The zero-order valence-electron chi connectivity index (χ0n) is 21.0. The first-order valence-electron chi connectivity index (χ1n) is 13.1. The second-order valence-electron chi connectivity index (χ2n) is 10.3. The molecule has 8 heteroatoms. The maximum atomic E-state index is 4.94. The summed E-state index contributed by atoms with van der Waals surface area (Å²) in [5.41, 5.74) is 3.08. The summed E-state index contributed by atoms with van der Waals surface area (Å²) in [5, 5.41) is 4.50. The van der Waals surface area contributed by atoms with Gasteiger partial charge < -0.3 is 15.1 Å². The SMILES string of the molecule is CC1CCN(c2nc(Nc3cccc(-c4nc5ccccc5s4)c3)nc(N3CCC(C)CC3)n2)CC1. The van der Waals surface area contributed by atoms with Crippen LogP contribution in [0.4, 0.5) is 23.5 Å². The number of hydrogen-bond donors (Lipinski definition) is 1. The molecule has 7 nitrogen and oxygen atoms in total. The third-order valence-electron chi connectivity index (χ3n) is 7.40. The minimum absolute atomic E-state index is 0.605. The van der Waals surface area contributed by atoms with Crippen LogP contribution < -0.4 is 15.1 Å². The molecule has 0 bridgehead atoms. The highest BCUT2D eigenvalue weighted by molar-refractivity contribution is 7.21. The summed E-state index contributed by atoms with van der Waals surface area (Å²) in [4.78, 5) is 24.2. The molecular weight excluding hydrogens is 466 g/mol. The van der Waals surface area contributed by atoms with Crippen LogP contribution in [0.3, 0.4) is 0 Å². The van der Waals surface area contributed by atoms with Crippen LogP contribution in [-0.2, 0) is 0 Å². The van der Waals surface area contributed by atoms with Crippen LogP contribution in [0.25, 0.3) is 20.8 Å². The normalized spacial score (nSPS) is 17.6. The van der Waals surface area contributed by atoms with E-state index in [9.17, 15) is 0 Å². The molecule has 36 heavy (non-hydrogen) atoms. The van der Waals surface area contributed by atoms with Gasteiger partial charge in [0.25, 0.3) is 0 Å². The number of para-hydroxylation sites is 1. The van der Waals surface area contributed by atoms with Crippen molar-refractivity contribution in [2.75, 3.05) is 41.3 Å². The molecule has 0 amide bonds. The molecule has 0 atom stereocenters. The Kier molecular flexibility index (Phi) is 6.44. The third kappa shape index (κ3) is 5.00. The number of benzene rings is 2. The first kappa shape index (κ1) is 23.2. The topological polar surface area (TPSA) is 70.1 Å². The van der Waals surface area contributed by atoms with Crippen molar-refractivity contribution in [3.05, 3.63) is 48.5 Å². The average molecular weight is 500 g/mol. The smallest absolute Gasteiger partial charge is 0.233 e. The minimum atomic E-state index is 0.605. The second kappa shape index (κ2) is 10.0. The molecule has 0 radical (unpaired) electrons. The highest BCUT2D eigenvalue weighted by Gasteiger charge is 2.23. The van der Waals surface area contributed by atoms with Crippen molar-refractivity contribution in [3.8, 4) is 10.6 Å². The Balaban J connectivity index is 1.30. The lowest BCUT2D eigenvalue weighted by atomic mass is 9.99. The van der Waals surface area contributed by atoms with E-state index in [0.29, 0.717) is 5.95 Å². The van der Waals surface area contributed by atoms with Crippen LogP contribution in [-0.4, -0.2) is 46.1 Å². The average Bonchev–Trinajstić information content (AvgIpc) is 3.34. The molecule has 4 aromatic rings. The highest BCUT2D eigenvalue weighted by Crippen LogP contribution is 2.32. The van der Waals surface area contributed by atoms with E-state index in [1.807, 2.05) is 6.07 Å². The summed E-state index contributed by atoms with van der Waals surface area (Å²) in [7, 11) is 0. The van der Waals surface area contributed by atoms with Crippen LogP contribution in [0.15, 0.2) is 48.5 Å². The van der Waals surface area contributed by atoms with Crippen molar-refractivity contribution < 1.29 is 0 Å². The Labute approximate surface area is 216 Å². The van der Waals surface area contributed by atoms with Crippen molar-refractivity contribution >= 4 is 45.1 Å². The van der Waals surface area contributed by atoms with Gasteiger partial charge in [-0.3, -0.25) is 0 Å². The van der Waals surface area contributed by atoms with Crippen molar-refractivity contribution in [1.82, 2.24) is 19.9 Å². The van der Waals surface area contributed by atoms with E-state index in [0.717, 1.165) is 71.7 Å². The molecule has 186 valence electrons. The Morgan fingerprint density at radius 1 is 0.750 bits per heavy atom. The van der Waals surface area contributed by atoms with Gasteiger partial charge in [-0.1, -0.05) is 38.1 Å². The fourth-order valence-electron chi connectivity index (χ4n) is 4.96. The molecule has 0 unspecified atom stereocenters. The number of hydrogen-bond acceptors (Lipinski definition) is 8. The summed E-state index contributed by atoms with van der Waals surface area (Å²) >= 11 is 1.71. The molecule has 0 aliphatic carbocycles.